The van der Waals surface area contributed by atoms with E-state index < -0.39 is 30.4 Å². The summed E-state index contributed by atoms with van der Waals surface area (Å²) < 4.78 is 3.98. The Bertz CT molecular complexity index is 208. The lowest BCUT2D eigenvalue weighted by atomic mass is 10.2. The Labute approximate surface area is 73.7 Å². The second kappa shape index (κ2) is 4.17. The van der Waals surface area contributed by atoms with Gasteiger partial charge in [0.2, 0.25) is 0 Å². The van der Waals surface area contributed by atoms with Crippen LogP contribution in [-0.4, -0.2) is 39.3 Å². The maximum atomic E-state index is 10.8. The topological polar surface area (TPSA) is 130 Å². The number of aliphatic carboxylic acids is 1. The second-order valence-corrected chi connectivity index (χ2v) is 2.56. The number of carboxylic acids is 1. The highest BCUT2D eigenvalue weighted by Gasteiger charge is 2.26. The number of ether oxygens (including phenoxy) is 1. The molecule has 0 spiro atoms. The van der Waals surface area contributed by atoms with Crippen molar-refractivity contribution < 1.29 is 29.6 Å². The monoisotopic (exact) mass is 193 g/mol. The zero-order valence-electron chi connectivity index (χ0n) is 6.93. The fraction of sp³-hybridized carbons (Fsp3) is 0.667. The van der Waals surface area contributed by atoms with Crippen molar-refractivity contribution >= 4 is 11.9 Å². The summed E-state index contributed by atoms with van der Waals surface area (Å²) in [5.74, 6) is -5.09. The molecule has 0 amide bonds. The van der Waals surface area contributed by atoms with Gasteiger partial charge >= 0.3 is 17.9 Å². The van der Waals surface area contributed by atoms with Crippen molar-refractivity contribution in [3.8, 4) is 0 Å². The molecule has 7 nitrogen and oxygen atoms in total. The van der Waals surface area contributed by atoms with E-state index in [0.29, 0.717) is 0 Å². The number of nitrogens with two attached hydrogens (primary N) is 1. The molecule has 0 aromatic carbocycles. The molecule has 13 heavy (non-hydrogen) atoms. The third-order valence-electron chi connectivity index (χ3n) is 0.991. The summed E-state index contributed by atoms with van der Waals surface area (Å²) in [5, 5.41) is 25.4. The third kappa shape index (κ3) is 6.02. The molecule has 0 aromatic heterocycles. The maximum Gasteiger partial charge on any atom is 0.327 e. The molecular weight excluding hydrogens is 182 g/mol. The summed E-state index contributed by atoms with van der Waals surface area (Å²) in [6.45, 7) is 0.804. The van der Waals surface area contributed by atoms with Crippen LogP contribution in [0, 0.1) is 0 Å². The molecule has 7 heteroatoms. The number of carbonyl (C=O) groups excluding carboxylic acids is 1. The van der Waals surface area contributed by atoms with Crippen molar-refractivity contribution in [3.63, 3.8) is 0 Å². The van der Waals surface area contributed by atoms with Gasteiger partial charge in [-0.05, 0) is 0 Å². The van der Waals surface area contributed by atoms with Crippen molar-refractivity contribution in [1.29, 1.82) is 0 Å². The standard InChI is InChI=1S/C6H11NO6/c1-6(11,12)13-5(10)3(7)2-4(8)9/h3,11-12H,2,7H2,1H3,(H,8,9)/t3-/m0/s1. The van der Waals surface area contributed by atoms with E-state index in [1.165, 1.54) is 0 Å². The number of carboxylic acid groups (broad SMARTS) is 1. The number of rotatable bonds is 4. The van der Waals surface area contributed by atoms with E-state index in [9.17, 15) is 9.59 Å². The van der Waals surface area contributed by atoms with Gasteiger partial charge in [0.05, 0.1) is 6.42 Å². The van der Waals surface area contributed by atoms with Gasteiger partial charge in [0.1, 0.15) is 6.04 Å². The first kappa shape index (κ1) is 11.8. The van der Waals surface area contributed by atoms with Gasteiger partial charge in [-0.2, -0.15) is 0 Å². The van der Waals surface area contributed by atoms with Crippen molar-refractivity contribution in [3.05, 3.63) is 0 Å². The Kier molecular flexibility index (Phi) is 3.79. The van der Waals surface area contributed by atoms with Crippen molar-refractivity contribution in [1.82, 2.24) is 0 Å². The summed E-state index contributed by atoms with van der Waals surface area (Å²) in [4.78, 5) is 20.8. The minimum atomic E-state index is -2.63. The van der Waals surface area contributed by atoms with Gasteiger partial charge < -0.3 is 25.8 Å². The molecule has 0 aliphatic rings. The van der Waals surface area contributed by atoms with Gasteiger partial charge in [-0.1, -0.05) is 0 Å². The quantitative estimate of drug-likeness (QED) is 0.299. The van der Waals surface area contributed by atoms with Crippen LogP contribution in [0.15, 0.2) is 0 Å². The minimum absolute atomic E-state index is 0.630. The highest BCUT2D eigenvalue weighted by Crippen LogP contribution is 2.02. The highest BCUT2D eigenvalue weighted by molar-refractivity contribution is 5.81. The summed E-state index contributed by atoms with van der Waals surface area (Å²) in [6.07, 6.45) is -0.630. The molecule has 0 aliphatic carbocycles. The largest absolute Gasteiger partial charge is 0.481 e. The van der Waals surface area contributed by atoms with Gasteiger partial charge in [0, 0.05) is 6.92 Å². The van der Waals surface area contributed by atoms with Gasteiger partial charge in [0.15, 0.2) is 0 Å². The molecule has 0 saturated heterocycles. The Morgan fingerprint density at radius 2 is 2.00 bits per heavy atom. The van der Waals surface area contributed by atoms with Crippen LogP contribution < -0.4 is 5.73 Å². The summed E-state index contributed by atoms with van der Waals surface area (Å²) in [5.41, 5.74) is 5.05. The molecule has 1 atom stereocenters. The zero-order chi connectivity index (χ0) is 10.6. The van der Waals surface area contributed by atoms with Gasteiger partial charge in [-0.3, -0.25) is 9.59 Å². The van der Waals surface area contributed by atoms with Crippen LogP contribution in [0.25, 0.3) is 0 Å². The predicted octanol–water partition coefficient (Wildman–Crippen LogP) is -2.01. The first-order valence-electron chi connectivity index (χ1n) is 3.37. The van der Waals surface area contributed by atoms with E-state index in [2.05, 4.69) is 4.74 Å². The van der Waals surface area contributed by atoms with E-state index in [4.69, 9.17) is 21.1 Å². The minimum Gasteiger partial charge on any atom is -0.481 e. The lowest BCUT2D eigenvalue weighted by Crippen LogP contribution is -2.41. The van der Waals surface area contributed by atoms with E-state index in [-0.39, 0.29) is 0 Å². The summed E-state index contributed by atoms with van der Waals surface area (Å²) in [6, 6.07) is -1.41. The molecule has 76 valence electrons. The maximum absolute atomic E-state index is 10.8. The number of esters is 1. The molecule has 0 saturated carbocycles. The number of aliphatic hydroxyl groups is 2. The molecule has 0 rings (SSSR count). The van der Waals surface area contributed by atoms with E-state index in [1.54, 1.807) is 0 Å². The number of hydrogen-bond donors (Lipinski definition) is 4. The Hall–Kier alpha value is -1.18. The fourth-order valence-electron chi connectivity index (χ4n) is 0.538. The van der Waals surface area contributed by atoms with Crippen LogP contribution in [0.5, 0.6) is 0 Å². The average Bonchev–Trinajstić information content (AvgIpc) is 1.81. The second-order valence-electron chi connectivity index (χ2n) is 2.56. The van der Waals surface area contributed by atoms with Crippen molar-refractivity contribution in [2.75, 3.05) is 0 Å². The Morgan fingerprint density at radius 1 is 1.54 bits per heavy atom. The number of hydrogen-bond acceptors (Lipinski definition) is 6. The molecule has 0 unspecified atom stereocenters. The first-order chi connectivity index (χ1) is 5.72. The molecule has 5 N–H and O–H groups in total. The first-order valence-corrected chi connectivity index (χ1v) is 3.37. The Morgan fingerprint density at radius 3 is 2.31 bits per heavy atom. The summed E-state index contributed by atoms with van der Waals surface area (Å²) >= 11 is 0. The van der Waals surface area contributed by atoms with Gasteiger partial charge in [-0.15, -0.1) is 0 Å². The molecule has 0 aromatic rings. The van der Waals surface area contributed by atoms with Crippen LogP contribution in [-0.2, 0) is 14.3 Å². The fourth-order valence-corrected chi connectivity index (χ4v) is 0.538. The molecule has 0 fully saturated rings. The number of carbonyl (C=O) groups is 2. The van der Waals surface area contributed by atoms with E-state index in [0.717, 1.165) is 6.92 Å². The third-order valence-corrected chi connectivity index (χ3v) is 0.991. The van der Waals surface area contributed by atoms with Gasteiger partial charge in [0.25, 0.3) is 0 Å². The van der Waals surface area contributed by atoms with Crippen LogP contribution in [0.2, 0.25) is 0 Å². The normalized spacial score (nSPS) is 13.5. The average molecular weight is 193 g/mol. The zero-order valence-corrected chi connectivity index (χ0v) is 6.93. The van der Waals surface area contributed by atoms with Crippen LogP contribution in [0.1, 0.15) is 13.3 Å². The lowest BCUT2D eigenvalue weighted by Gasteiger charge is -2.18. The molecule has 0 bridgehead atoms. The lowest BCUT2D eigenvalue weighted by molar-refractivity contribution is -0.307. The molecule has 0 aliphatic heterocycles. The van der Waals surface area contributed by atoms with E-state index in [1.807, 2.05) is 0 Å². The summed E-state index contributed by atoms with van der Waals surface area (Å²) in [7, 11) is 0. The SMILES string of the molecule is CC(O)(O)OC(=O)[C@@H](N)CC(=O)O. The predicted molar refractivity (Wildman–Crippen MR) is 39.2 cm³/mol. The Balaban J connectivity index is 4.05. The van der Waals surface area contributed by atoms with Crippen LogP contribution >= 0.6 is 0 Å². The highest BCUT2D eigenvalue weighted by atomic mass is 16.8. The smallest absolute Gasteiger partial charge is 0.327 e. The van der Waals surface area contributed by atoms with Crippen molar-refractivity contribution in [2.45, 2.75) is 25.4 Å². The molecule has 0 heterocycles. The van der Waals surface area contributed by atoms with Crippen LogP contribution in [0.3, 0.4) is 0 Å². The molecule has 0 radical (unpaired) electrons. The molecular formula is C6H11NO6. The van der Waals surface area contributed by atoms with Crippen molar-refractivity contribution in [2.24, 2.45) is 5.73 Å². The van der Waals surface area contributed by atoms with Gasteiger partial charge in [-0.25, -0.2) is 0 Å². The van der Waals surface area contributed by atoms with E-state index >= 15 is 0 Å². The van der Waals surface area contributed by atoms with Crippen LogP contribution in [0.4, 0.5) is 0 Å².